The van der Waals surface area contributed by atoms with Gasteiger partial charge in [0.15, 0.2) is 0 Å². The summed E-state index contributed by atoms with van der Waals surface area (Å²) in [7, 11) is 0. The number of rotatable bonds is 5. The van der Waals surface area contributed by atoms with E-state index in [2.05, 4.69) is 16.3 Å². The van der Waals surface area contributed by atoms with Gasteiger partial charge in [0.2, 0.25) is 5.91 Å². The molecule has 1 aliphatic rings. The van der Waals surface area contributed by atoms with Crippen LogP contribution in [0.4, 0.5) is 10.1 Å². The highest BCUT2D eigenvalue weighted by atomic mass is 19.1. The monoisotopic (exact) mass is 342 g/mol. The smallest absolute Gasteiger partial charge is 0.228 e. The number of hydrogen-bond donors (Lipinski definition) is 1. The summed E-state index contributed by atoms with van der Waals surface area (Å²) in [5, 5.41) is 2.98. The number of halogens is 1. The van der Waals surface area contributed by atoms with Crippen molar-refractivity contribution in [2.24, 2.45) is 0 Å². The van der Waals surface area contributed by atoms with Crippen molar-refractivity contribution in [3.05, 3.63) is 65.0 Å². The Kier molecular flexibility index (Phi) is 5.79. The highest BCUT2D eigenvalue weighted by Gasteiger charge is 2.12. The number of ether oxygens (including phenoxy) is 1. The number of hydrogen-bond acceptors (Lipinski definition) is 3. The third-order valence-corrected chi connectivity index (χ3v) is 4.36. The first-order chi connectivity index (χ1) is 12.1. The van der Waals surface area contributed by atoms with Crippen LogP contribution in [0.3, 0.4) is 0 Å². The van der Waals surface area contributed by atoms with Crippen molar-refractivity contribution in [3.63, 3.8) is 0 Å². The molecule has 0 aromatic heterocycles. The summed E-state index contributed by atoms with van der Waals surface area (Å²) in [5.74, 6) is -0.394. The van der Waals surface area contributed by atoms with E-state index in [4.69, 9.17) is 4.74 Å². The van der Waals surface area contributed by atoms with Crippen molar-refractivity contribution in [3.8, 4) is 0 Å². The summed E-state index contributed by atoms with van der Waals surface area (Å²) in [4.78, 5) is 14.6. The molecule has 0 radical (unpaired) electrons. The fourth-order valence-electron chi connectivity index (χ4n) is 2.90. The molecule has 0 saturated carbocycles. The molecule has 1 aliphatic heterocycles. The Morgan fingerprint density at radius 1 is 1.12 bits per heavy atom. The van der Waals surface area contributed by atoms with Crippen LogP contribution in [-0.4, -0.2) is 37.1 Å². The minimum Gasteiger partial charge on any atom is -0.379 e. The number of aryl methyl sites for hydroxylation is 1. The highest BCUT2D eigenvalue weighted by molar-refractivity contribution is 5.93. The first kappa shape index (κ1) is 17.6. The Hall–Kier alpha value is -2.24. The van der Waals surface area contributed by atoms with Gasteiger partial charge in [-0.15, -0.1) is 0 Å². The largest absolute Gasteiger partial charge is 0.379 e. The molecule has 0 spiro atoms. The van der Waals surface area contributed by atoms with Gasteiger partial charge in [0.05, 0.1) is 19.6 Å². The third kappa shape index (κ3) is 5.11. The van der Waals surface area contributed by atoms with E-state index in [1.165, 1.54) is 17.7 Å². The van der Waals surface area contributed by atoms with Crippen LogP contribution in [0.1, 0.15) is 16.7 Å². The lowest BCUT2D eigenvalue weighted by molar-refractivity contribution is -0.115. The van der Waals surface area contributed by atoms with Gasteiger partial charge in [-0.05, 0) is 41.8 Å². The van der Waals surface area contributed by atoms with Crippen LogP contribution in [0, 0.1) is 12.7 Å². The Labute approximate surface area is 147 Å². The molecule has 1 fully saturated rings. The van der Waals surface area contributed by atoms with E-state index in [-0.39, 0.29) is 18.1 Å². The maximum atomic E-state index is 12.9. The van der Waals surface area contributed by atoms with Crippen molar-refractivity contribution in [1.29, 1.82) is 0 Å². The second-order valence-electron chi connectivity index (χ2n) is 6.39. The molecule has 1 amide bonds. The summed E-state index contributed by atoms with van der Waals surface area (Å²) in [6, 6.07) is 12.2. The average Bonchev–Trinajstić information content (AvgIpc) is 2.61. The van der Waals surface area contributed by atoms with Gasteiger partial charge in [0.1, 0.15) is 5.82 Å². The maximum Gasteiger partial charge on any atom is 0.228 e. The fourth-order valence-corrected chi connectivity index (χ4v) is 2.90. The molecular weight excluding hydrogens is 319 g/mol. The molecule has 0 bridgehead atoms. The van der Waals surface area contributed by atoms with Crippen LogP contribution in [0.25, 0.3) is 0 Å². The molecule has 0 atom stereocenters. The highest BCUT2D eigenvalue weighted by Crippen LogP contribution is 2.19. The maximum absolute atomic E-state index is 12.9. The quantitative estimate of drug-likeness (QED) is 0.908. The van der Waals surface area contributed by atoms with Gasteiger partial charge in [-0.3, -0.25) is 9.69 Å². The molecule has 5 heteroatoms. The molecule has 1 saturated heterocycles. The standard InChI is InChI=1S/C20H23FN2O2/c1-15-2-3-17(14-23-8-10-25-11-9-23)12-19(15)22-20(24)13-16-4-6-18(21)7-5-16/h2-7,12H,8-11,13-14H2,1H3,(H,22,24). The topological polar surface area (TPSA) is 41.6 Å². The third-order valence-electron chi connectivity index (χ3n) is 4.36. The van der Waals surface area contributed by atoms with Crippen LogP contribution >= 0.6 is 0 Å². The summed E-state index contributed by atoms with van der Waals surface area (Å²) in [6.45, 7) is 6.23. The number of nitrogens with zero attached hydrogens (tertiary/aromatic N) is 1. The van der Waals surface area contributed by atoms with Crippen molar-refractivity contribution in [1.82, 2.24) is 4.90 Å². The lowest BCUT2D eigenvalue weighted by Crippen LogP contribution is -2.35. The lowest BCUT2D eigenvalue weighted by Gasteiger charge is -2.26. The first-order valence-electron chi connectivity index (χ1n) is 8.54. The first-order valence-corrected chi connectivity index (χ1v) is 8.54. The average molecular weight is 342 g/mol. The second kappa shape index (κ2) is 8.23. The predicted octanol–water partition coefficient (Wildman–Crippen LogP) is 3.15. The summed E-state index contributed by atoms with van der Waals surface area (Å²) >= 11 is 0. The van der Waals surface area contributed by atoms with E-state index in [0.29, 0.717) is 0 Å². The predicted molar refractivity (Wildman–Crippen MR) is 96.0 cm³/mol. The molecule has 1 N–H and O–H groups in total. The minimum absolute atomic E-state index is 0.0989. The number of carbonyl (C=O) groups excluding carboxylic acids is 1. The Balaban J connectivity index is 1.63. The van der Waals surface area contributed by atoms with E-state index in [1.54, 1.807) is 12.1 Å². The normalized spacial score (nSPS) is 15.1. The summed E-state index contributed by atoms with van der Waals surface area (Å²) in [5.41, 5.74) is 3.82. The molecule has 4 nitrogen and oxygen atoms in total. The van der Waals surface area contributed by atoms with Crippen molar-refractivity contribution in [2.45, 2.75) is 19.9 Å². The zero-order valence-corrected chi connectivity index (χ0v) is 14.4. The van der Waals surface area contributed by atoms with Crippen LogP contribution in [0.5, 0.6) is 0 Å². The van der Waals surface area contributed by atoms with E-state index < -0.39 is 0 Å². The number of anilines is 1. The lowest BCUT2D eigenvalue weighted by atomic mass is 10.1. The molecule has 25 heavy (non-hydrogen) atoms. The molecule has 2 aromatic carbocycles. The zero-order chi connectivity index (χ0) is 17.6. The van der Waals surface area contributed by atoms with Gasteiger partial charge in [0.25, 0.3) is 0 Å². The summed E-state index contributed by atoms with van der Waals surface area (Å²) < 4.78 is 18.3. The Bertz CT molecular complexity index is 725. The van der Waals surface area contributed by atoms with Gasteiger partial charge in [0, 0.05) is 25.3 Å². The van der Waals surface area contributed by atoms with Gasteiger partial charge in [-0.1, -0.05) is 24.3 Å². The van der Waals surface area contributed by atoms with Crippen LogP contribution in [-0.2, 0) is 22.5 Å². The summed E-state index contributed by atoms with van der Waals surface area (Å²) in [6.07, 6.45) is 0.230. The fraction of sp³-hybridized carbons (Fsp3) is 0.350. The van der Waals surface area contributed by atoms with Crippen LogP contribution < -0.4 is 5.32 Å². The molecule has 132 valence electrons. The van der Waals surface area contributed by atoms with Gasteiger partial charge in [-0.2, -0.15) is 0 Å². The molecule has 0 aliphatic carbocycles. The molecule has 0 unspecified atom stereocenters. The van der Waals surface area contributed by atoms with Gasteiger partial charge in [-0.25, -0.2) is 4.39 Å². The van der Waals surface area contributed by atoms with Crippen molar-refractivity contribution in [2.75, 3.05) is 31.6 Å². The number of amides is 1. The number of morpholine rings is 1. The number of benzene rings is 2. The van der Waals surface area contributed by atoms with Crippen LogP contribution in [0.2, 0.25) is 0 Å². The van der Waals surface area contributed by atoms with Crippen LogP contribution in [0.15, 0.2) is 42.5 Å². The van der Waals surface area contributed by atoms with Gasteiger partial charge < -0.3 is 10.1 Å². The molecular formula is C20H23FN2O2. The molecule has 2 aromatic rings. The number of nitrogens with one attached hydrogen (secondary N) is 1. The van der Waals surface area contributed by atoms with E-state index in [1.807, 2.05) is 19.1 Å². The molecule has 3 rings (SSSR count). The van der Waals surface area contributed by atoms with E-state index >= 15 is 0 Å². The zero-order valence-electron chi connectivity index (χ0n) is 14.4. The second-order valence-corrected chi connectivity index (χ2v) is 6.39. The van der Waals surface area contributed by atoms with Gasteiger partial charge >= 0.3 is 0 Å². The van der Waals surface area contributed by atoms with Crippen molar-refractivity contribution >= 4 is 11.6 Å². The van der Waals surface area contributed by atoms with E-state index in [0.717, 1.165) is 49.7 Å². The van der Waals surface area contributed by atoms with E-state index in [9.17, 15) is 9.18 Å². The Morgan fingerprint density at radius 3 is 2.52 bits per heavy atom. The Morgan fingerprint density at radius 2 is 1.80 bits per heavy atom. The SMILES string of the molecule is Cc1ccc(CN2CCOCC2)cc1NC(=O)Cc1ccc(F)cc1. The molecule has 1 heterocycles. The number of carbonyl (C=O) groups is 1. The van der Waals surface area contributed by atoms with Crippen molar-refractivity contribution < 1.29 is 13.9 Å². The minimum atomic E-state index is -0.296.